The van der Waals surface area contributed by atoms with Crippen LogP contribution in [-0.2, 0) is 20.0 Å². The molecule has 0 amide bonds. The Morgan fingerprint density at radius 3 is 2.44 bits per heavy atom. The summed E-state index contributed by atoms with van der Waals surface area (Å²) in [6, 6.07) is 8.06. The van der Waals surface area contributed by atoms with Crippen LogP contribution in [-0.4, -0.2) is 38.3 Å². The average Bonchev–Trinajstić information content (AvgIpc) is 3.03. The van der Waals surface area contributed by atoms with Gasteiger partial charge in [0.05, 0.1) is 14.2 Å². The molecule has 0 aliphatic rings. The maximum absolute atomic E-state index is 5.33. The third-order valence-electron chi connectivity index (χ3n) is 3.73. The normalized spacial score (nSPS) is 10.8. The Kier molecular flexibility index (Phi) is 9.18. The van der Waals surface area contributed by atoms with E-state index < -0.39 is 0 Å². The van der Waals surface area contributed by atoms with Crippen LogP contribution >= 0.6 is 24.0 Å². The van der Waals surface area contributed by atoms with Crippen LogP contribution in [0.2, 0.25) is 0 Å². The molecule has 2 rings (SSSR count). The number of aryl methyl sites for hydroxylation is 1. The predicted octanol–water partition coefficient (Wildman–Crippen LogP) is 2.57. The molecule has 0 saturated heterocycles. The van der Waals surface area contributed by atoms with Gasteiger partial charge in [0.15, 0.2) is 17.5 Å². The number of hydrogen-bond acceptors (Lipinski definition) is 3. The number of hydrogen-bond donors (Lipinski definition) is 2. The summed E-state index contributed by atoms with van der Waals surface area (Å²) in [6.07, 6.45) is 4.99. The van der Waals surface area contributed by atoms with E-state index in [1.165, 1.54) is 11.1 Å². The minimum atomic E-state index is 0. The molecule has 0 atom stereocenters. The lowest BCUT2D eigenvalue weighted by atomic mass is 10.1. The van der Waals surface area contributed by atoms with E-state index in [9.17, 15) is 0 Å². The lowest BCUT2D eigenvalue weighted by molar-refractivity contribution is 0.354. The topological polar surface area (TPSA) is 59.8 Å². The number of ether oxygens (including phenoxy) is 2. The van der Waals surface area contributed by atoms with Gasteiger partial charge in [-0.1, -0.05) is 6.07 Å². The summed E-state index contributed by atoms with van der Waals surface area (Å²) in [4.78, 5) is 4.25. The van der Waals surface area contributed by atoms with Crippen molar-refractivity contribution in [3.63, 3.8) is 0 Å². The van der Waals surface area contributed by atoms with Gasteiger partial charge in [-0.05, 0) is 35.7 Å². The van der Waals surface area contributed by atoms with Crippen LogP contribution < -0.4 is 20.1 Å². The number of halogens is 1. The summed E-state index contributed by atoms with van der Waals surface area (Å²) in [6.45, 7) is 1.53. The van der Waals surface area contributed by atoms with Crippen molar-refractivity contribution in [1.29, 1.82) is 0 Å². The van der Waals surface area contributed by atoms with E-state index in [4.69, 9.17) is 9.47 Å². The fourth-order valence-corrected chi connectivity index (χ4v) is 2.43. The van der Waals surface area contributed by atoms with Gasteiger partial charge in [0, 0.05) is 39.6 Å². The summed E-state index contributed by atoms with van der Waals surface area (Å²) >= 11 is 0. The van der Waals surface area contributed by atoms with Gasteiger partial charge in [-0.15, -0.1) is 24.0 Å². The Balaban J connectivity index is 0.00000312. The molecule has 0 spiro atoms. The van der Waals surface area contributed by atoms with E-state index in [1.54, 1.807) is 21.3 Å². The second kappa shape index (κ2) is 10.9. The largest absolute Gasteiger partial charge is 0.493 e. The molecular weight excluding hydrogens is 431 g/mol. The molecule has 25 heavy (non-hydrogen) atoms. The van der Waals surface area contributed by atoms with Crippen molar-refractivity contribution in [1.82, 2.24) is 15.2 Å². The van der Waals surface area contributed by atoms with Gasteiger partial charge in [-0.3, -0.25) is 4.99 Å². The highest BCUT2D eigenvalue weighted by molar-refractivity contribution is 14.0. The zero-order valence-electron chi connectivity index (χ0n) is 15.2. The van der Waals surface area contributed by atoms with E-state index >= 15 is 0 Å². The lowest BCUT2D eigenvalue weighted by Gasteiger charge is -2.12. The summed E-state index contributed by atoms with van der Waals surface area (Å²) < 4.78 is 12.6. The Bertz CT molecular complexity index is 685. The van der Waals surface area contributed by atoms with Gasteiger partial charge >= 0.3 is 0 Å². The number of aromatic nitrogens is 1. The van der Waals surface area contributed by atoms with Gasteiger partial charge in [0.2, 0.25) is 0 Å². The summed E-state index contributed by atoms with van der Waals surface area (Å²) in [5, 5.41) is 6.63. The summed E-state index contributed by atoms with van der Waals surface area (Å²) in [5.74, 6) is 2.29. The monoisotopic (exact) mass is 458 g/mol. The van der Waals surface area contributed by atoms with E-state index in [0.29, 0.717) is 0 Å². The molecule has 0 unspecified atom stereocenters. The van der Waals surface area contributed by atoms with Gasteiger partial charge in [-0.25, -0.2) is 0 Å². The van der Waals surface area contributed by atoms with E-state index in [1.807, 2.05) is 36.0 Å². The zero-order chi connectivity index (χ0) is 17.4. The highest BCUT2D eigenvalue weighted by Crippen LogP contribution is 2.27. The van der Waals surface area contributed by atoms with Crippen LogP contribution in [0.15, 0.2) is 41.7 Å². The summed E-state index contributed by atoms with van der Waals surface area (Å²) in [7, 11) is 7.08. The number of nitrogens with zero attached hydrogens (tertiary/aromatic N) is 2. The van der Waals surface area contributed by atoms with Crippen molar-refractivity contribution >= 4 is 29.9 Å². The molecule has 2 aromatic rings. The zero-order valence-corrected chi connectivity index (χ0v) is 17.5. The molecule has 0 aliphatic carbocycles. The van der Waals surface area contributed by atoms with Crippen molar-refractivity contribution in [2.75, 3.05) is 27.8 Å². The number of nitrogens with one attached hydrogen (secondary N) is 2. The first-order chi connectivity index (χ1) is 11.7. The lowest BCUT2D eigenvalue weighted by Crippen LogP contribution is -2.37. The van der Waals surface area contributed by atoms with Crippen molar-refractivity contribution in [2.24, 2.45) is 12.0 Å². The molecule has 2 N–H and O–H groups in total. The van der Waals surface area contributed by atoms with Crippen molar-refractivity contribution in [3.05, 3.63) is 47.8 Å². The Morgan fingerprint density at radius 2 is 1.84 bits per heavy atom. The van der Waals surface area contributed by atoms with E-state index in [0.717, 1.165) is 37.0 Å². The number of aliphatic imine (C=N–C) groups is 1. The highest BCUT2D eigenvalue weighted by Gasteiger charge is 2.05. The van der Waals surface area contributed by atoms with Gasteiger partial charge < -0.3 is 24.7 Å². The Hall–Kier alpha value is -1.90. The Labute approximate surface area is 166 Å². The van der Waals surface area contributed by atoms with Crippen LogP contribution in [0.1, 0.15) is 11.1 Å². The SMILES string of the molecule is CN=C(NCCc1ccc(OC)c(OC)c1)NCc1ccn(C)c1.I. The van der Waals surface area contributed by atoms with Crippen LogP contribution in [0.5, 0.6) is 11.5 Å². The van der Waals surface area contributed by atoms with Crippen LogP contribution in [0.25, 0.3) is 0 Å². The fourth-order valence-electron chi connectivity index (χ4n) is 2.43. The Morgan fingerprint density at radius 1 is 1.08 bits per heavy atom. The molecule has 0 saturated carbocycles. The van der Waals surface area contributed by atoms with Crippen molar-refractivity contribution in [3.8, 4) is 11.5 Å². The highest BCUT2D eigenvalue weighted by atomic mass is 127. The molecule has 0 fully saturated rings. The molecule has 1 aromatic carbocycles. The van der Waals surface area contributed by atoms with Crippen LogP contribution in [0.4, 0.5) is 0 Å². The summed E-state index contributed by atoms with van der Waals surface area (Å²) in [5.41, 5.74) is 2.40. The number of methoxy groups -OCH3 is 2. The van der Waals surface area contributed by atoms with E-state index in [2.05, 4.69) is 27.9 Å². The first kappa shape index (κ1) is 21.1. The molecule has 0 radical (unpaired) electrons. The quantitative estimate of drug-likeness (QED) is 0.381. The molecule has 1 heterocycles. The van der Waals surface area contributed by atoms with Gasteiger partial charge in [0.1, 0.15) is 0 Å². The molecule has 1 aromatic heterocycles. The van der Waals surface area contributed by atoms with Crippen LogP contribution in [0.3, 0.4) is 0 Å². The number of guanidine groups is 1. The average molecular weight is 458 g/mol. The van der Waals surface area contributed by atoms with Gasteiger partial charge in [0.25, 0.3) is 0 Å². The first-order valence-corrected chi connectivity index (χ1v) is 7.92. The van der Waals surface area contributed by atoms with Crippen molar-refractivity contribution in [2.45, 2.75) is 13.0 Å². The molecule has 7 heteroatoms. The predicted molar refractivity (Wildman–Crippen MR) is 112 cm³/mol. The standard InChI is InChI=1S/C18H26N4O2.HI/c1-19-18(21-12-15-8-10-22(2)13-15)20-9-7-14-5-6-16(23-3)17(11-14)24-4;/h5-6,8,10-11,13H,7,9,12H2,1-4H3,(H2,19,20,21);1H. The molecule has 138 valence electrons. The maximum Gasteiger partial charge on any atom is 0.191 e. The minimum absolute atomic E-state index is 0. The third kappa shape index (κ3) is 6.49. The first-order valence-electron chi connectivity index (χ1n) is 7.92. The molecule has 0 bridgehead atoms. The smallest absolute Gasteiger partial charge is 0.191 e. The molecule has 6 nitrogen and oxygen atoms in total. The minimum Gasteiger partial charge on any atom is -0.493 e. The second-order valence-electron chi connectivity index (χ2n) is 5.48. The molecule has 0 aliphatic heterocycles. The van der Waals surface area contributed by atoms with Crippen LogP contribution in [0, 0.1) is 0 Å². The maximum atomic E-state index is 5.33. The van der Waals surface area contributed by atoms with E-state index in [-0.39, 0.29) is 24.0 Å². The molecular formula is C18H27IN4O2. The third-order valence-corrected chi connectivity index (χ3v) is 3.73. The van der Waals surface area contributed by atoms with Crippen molar-refractivity contribution < 1.29 is 9.47 Å². The number of benzene rings is 1. The second-order valence-corrected chi connectivity index (χ2v) is 5.48. The number of rotatable bonds is 7. The fraction of sp³-hybridized carbons (Fsp3) is 0.389. The van der Waals surface area contributed by atoms with Gasteiger partial charge in [-0.2, -0.15) is 0 Å².